The van der Waals surface area contributed by atoms with Crippen molar-refractivity contribution in [2.45, 2.75) is 25.4 Å². The Balaban J connectivity index is 1.77. The Morgan fingerprint density at radius 2 is 2.71 bits per heavy atom. The van der Waals surface area contributed by atoms with Crippen LogP contribution in [-0.2, 0) is 11.3 Å². The molecule has 0 unspecified atom stereocenters. The van der Waals surface area contributed by atoms with Crippen LogP contribution in [0.3, 0.4) is 0 Å². The molecular formula is C9H13N3OS. The van der Waals surface area contributed by atoms with E-state index in [0.29, 0.717) is 6.54 Å². The lowest BCUT2D eigenvalue weighted by molar-refractivity contribution is -0.122. The molecule has 1 atom stereocenters. The van der Waals surface area contributed by atoms with Crippen molar-refractivity contribution >= 4 is 17.2 Å². The van der Waals surface area contributed by atoms with E-state index in [1.165, 1.54) is 0 Å². The van der Waals surface area contributed by atoms with Crippen LogP contribution in [-0.4, -0.2) is 23.5 Å². The van der Waals surface area contributed by atoms with Crippen molar-refractivity contribution < 1.29 is 4.79 Å². The molecule has 4 nitrogen and oxygen atoms in total. The molecule has 14 heavy (non-hydrogen) atoms. The van der Waals surface area contributed by atoms with Crippen molar-refractivity contribution in [2.75, 3.05) is 6.54 Å². The Labute approximate surface area is 86.7 Å². The summed E-state index contributed by atoms with van der Waals surface area (Å²) in [4.78, 5) is 15.6. The zero-order valence-corrected chi connectivity index (χ0v) is 8.64. The van der Waals surface area contributed by atoms with Gasteiger partial charge in [0.25, 0.3) is 0 Å². The summed E-state index contributed by atoms with van der Waals surface area (Å²) >= 11 is 1.55. The van der Waals surface area contributed by atoms with Gasteiger partial charge in [0.05, 0.1) is 23.8 Å². The fourth-order valence-corrected chi connectivity index (χ4v) is 2.09. The highest BCUT2D eigenvalue weighted by Gasteiger charge is 2.21. The second-order valence-corrected chi connectivity index (χ2v) is 4.07. The Kier molecular flexibility index (Phi) is 3.10. The van der Waals surface area contributed by atoms with Crippen LogP contribution in [0.1, 0.15) is 18.5 Å². The number of carbonyl (C=O) groups excluding carboxylic acids is 1. The molecule has 0 saturated carbocycles. The molecule has 1 amide bonds. The molecule has 1 aromatic rings. The smallest absolute Gasteiger partial charge is 0.237 e. The lowest BCUT2D eigenvalue weighted by Gasteiger charge is -2.09. The van der Waals surface area contributed by atoms with Crippen LogP contribution >= 0.6 is 11.3 Å². The summed E-state index contributed by atoms with van der Waals surface area (Å²) in [6.07, 6.45) is 2.04. The molecular weight excluding hydrogens is 198 g/mol. The molecule has 0 radical (unpaired) electrons. The van der Waals surface area contributed by atoms with Crippen LogP contribution < -0.4 is 10.6 Å². The van der Waals surface area contributed by atoms with E-state index in [2.05, 4.69) is 15.6 Å². The normalized spacial score (nSPS) is 21.0. The zero-order valence-electron chi connectivity index (χ0n) is 7.82. The summed E-state index contributed by atoms with van der Waals surface area (Å²) in [6.45, 7) is 1.50. The van der Waals surface area contributed by atoms with Crippen molar-refractivity contribution in [3.63, 3.8) is 0 Å². The quantitative estimate of drug-likeness (QED) is 0.766. The van der Waals surface area contributed by atoms with E-state index in [9.17, 15) is 4.79 Å². The highest BCUT2D eigenvalue weighted by molar-refractivity contribution is 7.07. The van der Waals surface area contributed by atoms with Gasteiger partial charge in [-0.1, -0.05) is 0 Å². The third-order valence-corrected chi connectivity index (χ3v) is 2.94. The highest BCUT2D eigenvalue weighted by Crippen LogP contribution is 2.05. The Bertz CT molecular complexity index is 293. The zero-order chi connectivity index (χ0) is 9.80. The molecule has 0 aromatic carbocycles. The number of nitrogens with zero attached hydrogens (tertiary/aromatic N) is 1. The number of aromatic nitrogens is 1. The van der Waals surface area contributed by atoms with Gasteiger partial charge in [0.15, 0.2) is 0 Å². The second-order valence-electron chi connectivity index (χ2n) is 3.35. The summed E-state index contributed by atoms with van der Waals surface area (Å²) in [5.74, 6) is 0.0931. The third kappa shape index (κ3) is 2.30. The first-order chi connectivity index (χ1) is 6.86. The minimum Gasteiger partial charge on any atom is -0.349 e. The maximum Gasteiger partial charge on any atom is 0.237 e. The van der Waals surface area contributed by atoms with E-state index in [4.69, 9.17) is 0 Å². The topological polar surface area (TPSA) is 54.0 Å². The average Bonchev–Trinajstić information content (AvgIpc) is 2.87. The number of nitrogens with one attached hydrogen (secondary N) is 2. The molecule has 0 spiro atoms. The van der Waals surface area contributed by atoms with Crippen molar-refractivity contribution in [1.29, 1.82) is 0 Å². The van der Waals surface area contributed by atoms with Gasteiger partial charge in [-0.3, -0.25) is 4.79 Å². The van der Waals surface area contributed by atoms with Crippen molar-refractivity contribution in [2.24, 2.45) is 0 Å². The average molecular weight is 211 g/mol. The van der Waals surface area contributed by atoms with Gasteiger partial charge in [0, 0.05) is 5.38 Å². The van der Waals surface area contributed by atoms with Crippen LogP contribution in [0.2, 0.25) is 0 Å². The first-order valence-electron chi connectivity index (χ1n) is 4.74. The molecule has 76 valence electrons. The number of carbonyl (C=O) groups is 1. The molecule has 1 aliphatic heterocycles. The van der Waals surface area contributed by atoms with E-state index in [1.54, 1.807) is 16.8 Å². The van der Waals surface area contributed by atoms with Crippen molar-refractivity contribution in [1.82, 2.24) is 15.6 Å². The number of thiazole rings is 1. The summed E-state index contributed by atoms with van der Waals surface area (Å²) in [5, 5.41) is 7.97. The first kappa shape index (κ1) is 9.61. The summed E-state index contributed by atoms with van der Waals surface area (Å²) < 4.78 is 0. The maximum atomic E-state index is 11.5. The fourth-order valence-electron chi connectivity index (χ4n) is 1.53. The molecule has 1 fully saturated rings. The van der Waals surface area contributed by atoms with E-state index in [-0.39, 0.29) is 11.9 Å². The SMILES string of the molecule is O=C(NCc1cscn1)[C@@H]1CCCN1. The number of rotatable bonds is 3. The number of hydrogen-bond acceptors (Lipinski definition) is 4. The van der Waals surface area contributed by atoms with Gasteiger partial charge in [-0.05, 0) is 19.4 Å². The molecule has 5 heteroatoms. The van der Waals surface area contributed by atoms with Gasteiger partial charge >= 0.3 is 0 Å². The van der Waals surface area contributed by atoms with E-state index < -0.39 is 0 Å². The van der Waals surface area contributed by atoms with Gasteiger partial charge in [-0.2, -0.15) is 0 Å². The Morgan fingerprint density at radius 3 is 3.36 bits per heavy atom. The molecule has 1 saturated heterocycles. The first-order valence-corrected chi connectivity index (χ1v) is 5.69. The molecule has 1 aromatic heterocycles. The van der Waals surface area contributed by atoms with E-state index in [0.717, 1.165) is 25.1 Å². The van der Waals surface area contributed by atoms with Crippen LogP contribution in [0.4, 0.5) is 0 Å². The lowest BCUT2D eigenvalue weighted by atomic mass is 10.2. The molecule has 0 bridgehead atoms. The van der Waals surface area contributed by atoms with Crippen LogP contribution in [0.5, 0.6) is 0 Å². The van der Waals surface area contributed by atoms with Gasteiger partial charge in [0.2, 0.25) is 5.91 Å². The maximum absolute atomic E-state index is 11.5. The Hall–Kier alpha value is -0.940. The predicted octanol–water partition coefficient (Wildman–Crippen LogP) is 0.511. The van der Waals surface area contributed by atoms with Crippen molar-refractivity contribution in [3.8, 4) is 0 Å². The van der Waals surface area contributed by atoms with Crippen LogP contribution in [0.15, 0.2) is 10.9 Å². The lowest BCUT2D eigenvalue weighted by Crippen LogP contribution is -2.40. The van der Waals surface area contributed by atoms with Crippen LogP contribution in [0, 0.1) is 0 Å². The summed E-state index contributed by atoms with van der Waals surface area (Å²) in [5.41, 5.74) is 2.70. The Morgan fingerprint density at radius 1 is 1.79 bits per heavy atom. The fraction of sp³-hybridized carbons (Fsp3) is 0.556. The van der Waals surface area contributed by atoms with Gasteiger partial charge < -0.3 is 10.6 Å². The number of hydrogen-bond donors (Lipinski definition) is 2. The minimum absolute atomic E-state index is 0.00800. The largest absolute Gasteiger partial charge is 0.349 e. The molecule has 2 heterocycles. The van der Waals surface area contributed by atoms with Gasteiger partial charge in [-0.25, -0.2) is 4.98 Å². The second kappa shape index (κ2) is 4.52. The van der Waals surface area contributed by atoms with Crippen molar-refractivity contribution in [3.05, 3.63) is 16.6 Å². The number of amides is 1. The third-order valence-electron chi connectivity index (χ3n) is 2.30. The van der Waals surface area contributed by atoms with Gasteiger partial charge in [0.1, 0.15) is 0 Å². The molecule has 2 rings (SSSR count). The molecule has 2 N–H and O–H groups in total. The van der Waals surface area contributed by atoms with Gasteiger partial charge in [-0.15, -0.1) is 11.3 Å². The monoisotopic (exact) mass is 211 g/mol. The van der Waals surface area contributed by atoms with E-state index in [1.807, 2.05) is 5.38 Å². The predicted molar refractivity (Wildman–Crippen MR) is 55.0 cm³/mol. The summed E-state index contributed by atoms with van der Waals surface area (Å²) in [6, 6.07) is 0.00800. The standard InChI is InChI=1S/C9H13N3OS/c13-9(8-2-1-3-10-8)11-4-7-5-14-6-12-7/h5-6,8,10H,1-4H2,(H,11,13)/t8-/m0/s1. The molecule has 0 aliphatic carbocycles. The minimum atomic E-state index is 0.00800. The summed E-state index contributed by atoms with van der Waals surface area (Å²) in [7, 11) is 0. The van der Waals surface area contributed by atoms with Crippen LogP contribution in [0.25, 0.3) is 0 Å². The highest BCUT2D eigenvalue weighted by atomic mass is 32.1. The molecule has 1 aliphatic rings. The van der Waals surface area contributed by atoms with E-state index >= 15 is 0 Å².